The molecule has 6 nitrogen and oxygen atoms in total. The normalized spacial score (nSPS) is 12.2. The van der Waals surface area contributed by atoms with Gasteiger partial charge in [-0.1, -0.05) is 12.1 Å². The molecule has 1 atom stereocenters. The van der Waals surface area contributed by atoms with Crippen LogP contribution >= 0.6 is 11.3 Å². The first-order valence-corrected chi connectivity index (χ1v) is 8.33. The van der Waals surface area contributed by atoms with Crippen LogP contribution in [0.5, 0.6) is 5.75 Å². The van der Waals surface area contributed by atoms with Gasteiger partial charge in [0.15, 0.2) is 0 Å². The average molecular weight is 343 g/mol. The van der Waals surface area contributed by atoms with Gasteiger partial charge in [-0.05, 0) is 31.5 Å². The van der Waals surface area contributed by atoms with Crippen LogP contribution in [0.15, 0.2) is 40.8 Å². The van der Waals surface area contributed by atoms with Crippen LogP contribution in [-0.2, 0) is 4.79 Å². The van der Waals surface area contributed by atoms with Crippen molar-refractivity contribution in [3.05, 3.63) is 46.3 Å². The number of rotatable bonds is 5. The van der Waals surface area contributed by atoms with Crippen LogP contribution in [-0.4, -0.2) is 22.1 Å². The van der Waals surface area contributed by atoms with E-state index >= 15 is 0 Å². The summed E-state index contributed by atoms with van der Waals surface area (Å²) in [5, 5.41) is 13.3. The van der Waals surface area contributed by atoms with E-state index in [1.54, 1.807) is 0 Å². The quantitative estimate of drug-likeness (QED) is 0.706. The van der Waals surface area contributed by atoms with Crippen LogP contribution in [0.3, 0.4) is 0 Å². The Morgan fingerprint density at radius 3 is 2.71 bits per heavy atom. The zero-order valence-corrected chi connectivity index (χ0v) is 14.0. The van der Waals surface area contributed by atoms with Gasteiger partial charge in [-0.3, -0.25) is 9.36 Å². The molecule has 0 aliphatic carbocycles. The highest BCUT2D eigenvalue weighted by molar-refractivity contribution is 7.17. The highest BCUT2D eigenvalue weighted by atomic mass is 32.1. The molecule has 0 radical (unpaired) electrons. The molecule has 3 rings (SSSR count). The van der Waals surface area contributed by atoms with Gasteiger partial charge >= 0.3 is 0 Å². The summed E-state index contributed by atoms with van der Waals surface area (Å²) < 4.78 is 6.50. The van der Waals surface area contributed by atoms with Crippen molar-refractivity contribution < 1.29 is 14.6 Å². The van der Waals surface area contributed by atoms with Gasteiger partial charge in [-0.15, -0.1) is 11.3 Å². The Labute approximate surface area is 142 Å². The highest BCUT2D eigenvalue weighted by Crippen LogP contribution is 2.31. The predicted molar refractivity (Wildman–Crippen MR) is 90.2 cm³/mol. The zero-order chi connectivity index (χ0) is 17.3. The van der Waals surface area contributed by atoms with Gasteiger partial charge in [0, 0.05) is 10.9 Å². The first kappa shape index (κ1) is 16.2. The Bertz CT molecular complexity index is 943. The highest BCUT2D eigenvalue weighted by Gasteiger charge is 2.16. The second-order valence-corrected chi connectivity index (χ2v) is 6.10. The van der Waals surface area contributed by atoms with Crippen molar-refractivity contribution >= 4 is 27.5 Å². The number of hydrogen-bond donors (Lipinski definition) is 0. The van der Waals surface area contributed by atoms with E-state index in [0.717, 1.165) is 21.4 Å². The van der Waals surface area contributed by atoms with Gasteiger partial charge in [-0.2, -0.15) is 0 Å². The predicted octanol–water partition coefficient (Wildman–Crippen LogP) is 1.83. The maximum Gasteiger partial charge on any atom is 0.263 e. The number of benzene rings is 1. The Hall–Kier alpha value is -2.67. The van der Waals surface area contributed by atoms with Crippen LogP contribution in [0.25, 0.3) is 21.3 Å². The van der Waals surface area contributed by atoms with E-state index < -0.39 is 12.0 Å². The summed E-state index contributed by atoms with van der Waals surface area (Å²) in [6.45, 7) is 3.89. The molecule has 0 unspecified atom stereocenters. The van der Waals surface area contributed by atoms with Gasteiger partial charge in [0.1, 0.15) is 10.6 Å². The summed E-state index contributed by atoms with van der Waals surface area (Å²) in [7, 11) is 0. The first-order chi connectivity index (χ1) is 11.5. The Kier molecular flexibility index (Phi) is 4.35. The lowest BCUT2D eigenvalue weighted by molar-refractivity contribution is -0.309. The van der Waals surface area contributed by atoms with Crippen molar-refractivity contribution in [1.82, 2.24) is 9.55 Å². The molecule has 0 saturated heterocycles. The molecule has 0 spiro atoms. The van der Waals surface area contributed by atoms with Gasteiger partial charge in [0.05, 0.1) is 30.3 Å². The lowest BCUT2D eigenvalue weighted by Gasteiger charge is -2.15. The topological polar surface area (TPSA) is 84.2 Å². The second kappa shape index (κ2) is 6.45. The molecule has 24 heavy (non-hydrogen) atoms. The van der Waals surface area contributed by atoms with Crippen molar-refractivity contribution in [2.45, 2.75) is 19.9 Å². The van der Waals surface area contributed by atoms with E-state index in [9.17, 15) is 14.7 Å². The minimum absolute atomic E-state index is 0.387. The zero-order valence-electron chi connectivity index (χ0n) is 13.2. The van der Waals surface area contributed by atoms with Gasteiger partial charge in [0.2, 0.25) is 0 Å². The maximum atomic E-state index is 12.7. The number of carbonyl (C=O) groups is 1. The minimum atomic E-state index is -1.32. The fourth-order valence-corrected chi connectivity index (χ4v) is 3.35. The molecule has 0 fully saturated rings. The van der Waals surface area contributed by atoms with Crippen LogP contribution in [0.2, 0.25) is 0 Å². The molecule has 1 aromatic carbocycles. The maximum absolute atomic E-state index is 12.7. The number of nitrogens with zero attached hydrogens (tertiary/aromatic N) is 2. The molecule has 0 N–H and O–H groups in total. The van der Waals surface area contributed by atoms with E-state index in [4.69, 9.17) is 4.74 Å². The lowest BCUT2D eigenvalue weighted by Crippen LogP contribution is -2.36. The summed E-state index contributed by atoms with van der Waals surface area (Å²) in [4.78, 5) is 28.6. The second-order valence-electron chi connectivity index (χ2n) is 5.24. The lowest BCUT2D eigenvalue weighted by atomic mass is 10.1. The standard InChI is InChI=1S/C17H16N2O4S/c1-3-23-12-6-4-11(5-7-12)13-8-24-15-14(13)16(20)19(9-18-15)10(2)17(21)22/h4-10H,3H2,1-2H3,(H,21,22)/p-1/t10-/m1/s1. The molecule has 7 heteroatoms. The van der Waals surface area contributed by atoms with Crippen LogP contribution < -0.4 is 15.4 Å². The monoisotopic (exact) mass is 343 g/mol. The number of fused-ring (bicyclic) bond motifs is 1. The van der Waals surface area contributed by atoms with Crippen molar-refractivity contribution in [2.24, 2.45) is 0 Å². The minimum Gasteiger partial charge on any atom is -0.548 e. The molecule has 0 saturated carbocycles. The first-order valence-electron chi connectivity index (χ1n) is 7.45. The average Bonchev–Trinajstić information content (AvgIpc) is 3.00. The summed E-state index contributed by atoms with van der Waals surface area (Å²) in [6.07, 6.45) is 1.25. The van der Waals surface area contributed by atoms with Crippen LogP contribution in [0.4, 0.5) is 0 Å². The number of aliphatic carboxylic acids is 1. The fourth-order valence-electron chi connectivity index (χ4n) is 2.44. The van der Waals surface area contributed by atoms with E-state index in [2.05, 4.69) is 4.98 Å². The number of carbonyl (C=O) groups excluding carboxylic acids is 1. The van der Waals surface area contributed by atoms with Gasteiger partial charge in [-0.25, -0.2) is 4.98 Å². The third-order valence-corrected chi connectivity index (χ3v) is 4.64. The van der Waals surface area contributed by atoms with Crippen molar-refractivity contribution in [3.8, 4) is 16.9 Å². The third kappa shape index (κ3) is 2.78. The van der Waals surface area contributed by atoms with Gasteiger partial charge < -0.3 is 14.6 Å². The molecule has 0 bridgehead atoms. The smallest absolute Gasteiger partial charge is 0.263 e. The number of carboxylic acid groups (broad SMARTS) is 1. The number of hydrogen-bond acceptors (Lipinski definition) is 6. The summed E-state index contributed by atoms with van der Waals surface area (Å²) in [6, 6.07) is 6.32. The molecule has 3 aromatic rings. The molecule has 2 heterocycles. The molecule has 0 amide bonds. The van der Waals surface area contributed by atoms with E-state index in [1.165, 1.54) is 24.6 Å². The molecule has 0 aliphatic heterocycles. The van der Waals surface area contributed by atoms with Crippen molar-refractivity contribution in [1.29, 1.82) is 0 Å². The van der Waals surface area contributed by atoms with Crippen molar-refractivity contribution in [3.63, 3.8) is 0 Å². The molecule has 2 aromatic heterocycles. The van der Waals surface area contributed by atoms with Crippen molar-refractivity contribution in [2.75, 3.05) is 6.61 Å². The number of ether oxygens (including phenoxy) is 1. The number of thiophene rings is 1. The largest absolute Gasteiger partial charge is 0.548 e. The Balaban J connectivity index is 2.14. The van der Waals surface area contributed by atoms with E-state index in [0.29, 0.717) is 16.8 Å². The fraction of sp³-hybridized carbons (Fsp3) is 0.235. The SMILES string of the molecule is CCOc1ccc(-c2csc3ncn([C@H](C)C(=O)[O-])c(=O)c23)cc1. The molecule has 0 aliphatic rings. The number of carboxylic acids is 1. The molecular formula is C17H15N2O4S-. The summed E-state index contributed by atoms with van der Waals surface area (Å²) >= 11 is 1.35. The molecular weight excluding hydrogens is 328 g/mol. The molecule has 124 valence electrons. The van der Waals surface area contributed by atoms with Gasteiger partial charge in [0.25, 0.3) is 5.56 Å². The number of aromatic nitrogens is 2. The third-order valence-electron chi connectivity index (χ3n) is 3.75. The van der Waals surface area contributed by atoms with Crippen LogP contribution in [0.1, 0.15) is 19.9 Å². The van der Waals surface area contributed by atoms with Crippen LogP contribution in [0, 0.1) is 0 Å². The summed E-state index contributed by atoms with van der Waals surface area (Å²) in [5.74, 6) is -0.571. The summed E-state index contributed by atoms with van der Waals surface area (Å²) in [5.41, 5.74) is 1.19. The van der Waals surface area contributed by atoms with E-state index in [1.807, 2.05) is 36.6 Å². The Morgan fingerprint density at radius 2 is 2.08 bits per heavy atom. The Morgan fingerprint density at radius 1 is 1.38 bits per heavy atom. The van der Waals surface area contributed by atoms with E-state index in [-0.39, 0.29) is 5.56 Å².